The van der Waals surface area contributed by atoms with Gasteiger partial charge in [0.1, 0.15) is 5.60 Å². The lowest BCUT2D eigenvalue weighted by Gasteiger charge is -2.25. The maximum atomic E-state index is 12.9. The minimum Gasteiger partial charge on any atom is -0.493 e. The molecule has 2 aromatic rings. The Morgan fingerprint density at radius 2 is 1.62 bits per heavy atom. The van der Waals surface area contributed by atoms with Gasteiger partial charge in [-0.2, -0.15) is 0 Å². The summed E-state index contributed by atoms with van der Waals surface area (Å²) in [6, 6.07) is 7.43. The second-order valence-electron chi connectivity index (χ2n) is 8.34. The normalized spacial score (nSPS) is 13.3. The fourth-order valence-electron chi connectivity index (χ4n) is 3.71. The minimum absolute atomic E-state index is 0.0936. The van der Waals surface area contributed by atoms with Crippen LogP contribution in [0.3, 0.4) is 0 Å². The van der Waals surface area contributed by atoms with Gasteiger partial charge in [0.15, 0.2) is 23.0 Å². The zero-order chi connectivity index (χ0) is 23.5. The van der Waals surface area contributed by atoms with Crippen LogP contribution in [0.25, 0.3) is 6.08 Å². The van der Waals surface area contributed by atoms with Crippen LogP contribution in [-0.2, 0) is 9.53 Å². The highest BCUT2D eigenvalue weighted by Gasteiger charge is 2.29. The molecular formula is C25H30O7. The quantitative estimate of drug-likeness (QED) is 0.536. The molecule has 32 heavy (non-hydrogen) atoms. The molecule has 0 aromatic heterocycles. The van der Waals surface area contributed by atoms with E-state index < -0.39 is 5.60 Å². The summed E-state index contributed by atoms with van der Waals surface area (Å²) in [5, 5.41) is 0. The van der Waals surface area contributed by atoms with Gasteiger partial charge in [-0.3, -0.25) is 4.79 Å². The molecule has 0 aliphatic carbocycles. The first-order valence-electron chi connectivity index (χ1n) is 10.3. The van der Waals surface area contributed by atoms with Crippen molar-refractivity contribution in [2.75, 3.05) is 28.1 Å². The van der Waals surface area contributed by atoms with Crippen molar-refractivity contribution in [2.24, 2.45) is 0 Å². The van der Waals surface area contributed by atoms with E-state index in [0.717, 1.165) is 16.7 Å². The molecule has 0 radical (unpaired) electrons. The summed E-state index contributed by atoms with van der Waals surface area (Å²) in [5.41, 5.74) is 1.88. The zero-order valence-electron chi connectivity index (χ0n) is 19.4. The van der Waals surface area contributed by atoms with Crippen molar-refractivity contribution in [3.8, 4) is 28.7 Å². The summed E-state index contributed by atoms with van der Waals surface area (Å²) in [7, 11) is 4.66. The van der Waals surface area contributed by atoms with Crippen LogP contribution in [0.2, 0.25) is 0 Å². The first kappa shape index (κ1) is 23.3. The van der Waals surface area contributed by atoms with E-state index in [1.54, 1.807) is 27.4 Å². The number of benzene rings is 2. The summed E-state index contributed by atoms with van der Waals surface area (Å²) in [6.07, 6.45) is 1.83. The number of hydrogen-bond donors (Lipinski definition) is 0. The van der Waals surface area contributed by atoms with Crippen LogP contribution in [0.5, 0.6) is 28.7 Å². The molecule has 2 aromatic carbocycles. The van der Waals surface area contributed by atoms with Crippen LogP contribution in [0.4, 0.5) is 0 Å². The van der Waals surface area contributed by atoms with Crippen molar-refractivity contribution >= 4 is 12.0 Å². The molecule has 1 aliphatic heterocycles. The molecule has 1 heterocycles. The Balaban J connectivity index is 2.17. The monoisotopic (exact) mass is 442 g/mol. The van der Waals surface area contributed by atoms with Crippen molar-refractivity contribution < 1.29 is 33.2 Å². The van der Waals surface area contributed by atoms with E-state index in [1.165, 1.54) is 0 Å². The van der Waals surface area contributed by atoms with Crippen molar-refractivity contribution in [3.05, 3.63) is 47.5 Å². The highest BCUT2D eigenvalue weighted by molar-refractivity contribution is 5.74. The number of hydrogen-bond acceptors (Lipinski definition) is 7. The number of carbonyl (C=O) groups excluding carboxylic acids is 1. The standard InChI is InChI=1S/C25H30O7/c1-8-15-9-19-20(31-14-30-19)12-17(15)18(13-23(26)32-25(2,3)4)16-10-21(27-5)24(29-7)22(11-16)28-6/h8-12,18H,1,13-14H2,2-7H3/t18-/m0/s1. The van der Waals surface area contributed by atoms with Crippen LogP contribution >= 0.6 is 0 Å². The lowest BCUT2D eigenvalue weighted by atomic mass is 9.85. The molecule has 0 N–H and O–H groups in total. The van der Waals surface area contributed by atoms with Crippen molar-refractivity contribution in [1.82, 2.24) is 0 Å². The molecule has 7 nitrogen and oxygen atoms in total. The summed E-state index contributed by atoms with van der Waals surface area (Å²) in [4.78, 5) is 12.9. The van der Waals surface area contributed by atoms with E-state index >= 15 is 0 Å². The predicted octanol–water partition coefficient (Wildman–Crippen LogP) is 4.95. The van der Waals surface area contributed by atoms with Gasteiger partial charge in [-0.1, -0.05) is 12.7 Å². The average molecular weight is 443 g/mol. The molecule has 0 bridgehead atoms. The van der Waals surface area contributed by atoms with Crippen LogP contribution in [0.1, 0.15) is 49.8 Å². The third-order valence-corrected chi connectivity index (χ3v) is 5.05. The van der Waals surface area contributed by atoms with E-state index in [9.17, 15) is 4.79 Å². The molecule has 3 rings (SSSR count). The molecular weight excluding hydrogens is 412 g/mol. The average Bonchev–Trinajstić information content (AvgIpc) is 3.21. The van der Waals surface area contributed by atoms with Crippen LogP contribution in [0.15, 0.2) is 30.8 Å². The van der Waals surface area contributed by atoms with E-state index in [2.05, 4.69) is 6.58 Å². The second kappa shape index (κ2) is 9.42. The van der Waals surface area contributed by atoms with E-state index in [4.69, 9.17) is 28.4 Å². The Bertz CT molecular complexity index is 979. The molecule has 0 unspecified atom stereocenters. The number of carbonyl (C=O) groups is 1. The van der Waals surface area contributed by atoms with E-state index in [0.29, 0.717) is 28.7 Å². The summed E-state index contributed by atoms with van der Waals surface area (Å²) in [6.45, 7) is 9.62. The predicted molar refractivity (Wildman–Crippen MR) is 121 cm³/mol. The SMILES string of the molecule is C=Cc1cc2c(cc1[C@@H](CC(=O)OC(C)(C)C)c1cc(OC)c(OC)c(OC)c1)OCO2. The van der Waals surface area contributed by atoms with Gasteiger partial charge < -0.3 is 28.4 Å². The topological polar surface area (TPSA) is 72.5 Å². The van der Waals surface area contributed by atoms with E-state index in [1.807, 2.05) is 45.0 Å². The van der Waals surface area contributed by atoms with Crippen molar-refractivity contribution in [3.63, 3.8) is 0 Å². The number of esters is 1. The molecule has 1 aliphatic rings. The van der Waals surface area contributed by atoms with Gasteiger partial charge in [-0.25, -0.2) is 0 Å². The highest BCUT2D eigenvalue weighted by Crippen LogP contribution is 2.45. The number of ether oxygens (including phenoxy) is 6. The third-order valence-electron chi connectivity index (χ3n) is 5.05. The molecule has 0 saturated carbocycles. The van der Waals surface area contributed by atoms with Gasteiger partial charge in [0, 0.05) is 5.92 Å². The summed E-state index contributed by atoms with van der Waals surface area (Å²) < 4.78 is 33.3. The lowest BCUT2D eigenvalue weighted by molar-refractivity contribution is -0.155. The smallest absolute Gasteiger partial charge is 0.307 e. The van der Waals surface area contributed by atoms with Crippen molar-refractivity contribution in [1.29, 1.82) is 0 Å². The van der Waals surface area contributed by atoms with Crippen LogP contribution in [0, 0.1) is 0 Å². The minimum atomic E-state index is -0.604. The molecule has 0 amide bonds. The summed E-state index contributed by atoms with van der Waals surface area (Å²) in [5.74, 6) is 2.01. The molecule has 1 atom stereocenters. The number of fused-ring (bicyclic) bond motifs is 1. The maximum absolute atomic E-state index is 12.9. The highest BCUT2D eigenvalue weighted by atomic mass is 16.7. The fraction of sp³-hybridized carbons (Fsp3) is 0.400. The Kier molecular flexibility index (Phi) is 6.87. The third kappa shape index (κ3) is 4.93. The Hall–Kier alpha value is -3.35. The van der Waals surface area contributed by atoms with Gasteiger partial charge in [-0.05, 0) is 61.7 Å². The Morgan fingerprint density at radius 1 is 1.03 bits per heavy atom. The summed E-state index contributed by atoms with van der Waals surface area (Å²) >= 11 is 0. The zero-order valence-corrected chi connectivity index (χ0v) is 19.4. The van der Waals surface area contributed by atoms with Gasteiger partial charge in [0.25, 0.3) is 0 Å². The lowest BCUT2D eigenvalue weighted by Crippen LogP contribution is -2.25. The first-order chi connectivity index (χ1) is 15.2. The number of methoxy groups -OCH3 is 3. The molecule has 172 valence electrons. The Morgan fingerprint density at radius 3 is 2.12 bits per heavy atom. The molecule has 0 fully saturated rings. The fourth-order valence-corrected chi connectivity index (χ4v) is 3.71. The molecule has 0 spiro atoms. The maximum Gasteiger partial charge on any atom is 0.307 e. The van der Waals surface area contributed by atoms with E-state index in [-0.39, 0.29) is 25.1 Å². The molecule has 7 heteroatoms. The van der Waals surface area contributed by atoms with Crippen LogP contribution < -0.4 is 23.7 Å². The van der Waals surface area contributed by atoms with Gasteiger partial charge in [0.05, 0.1) is 27.8 Å². The van der Waals surface area contributed by atoms with Gasteiger partial charge in [0.2, 0.25) is 12.5 Å². The van der Waals surface area contributed by atoms with Gasteiger partial charge in [-0.15, -0.1) is 0 Å². The number of rotatable bonds is 8. The largest absolute Gasteiger partial charge is 0.493 e. The first-order valence-corrected chi connectivity index (χ1v) is 10.3. The van der Waals surface area contributed by atoms with Gasteiger partial charge >= 0.3 is 5.97 Å². The van der Waals surface area contributed by atoms with Crippen LogP contribution in [-0.4, -0.2) is 39.7 Å². The molecule has 0 saturated heterocycles. The Labute approximate surface area is 188 Å². The van der Waals surface area contributed by atoms with Crippen molar-refractivity contribution in [2.45, 2.75) is 38.7 Å². The second-order valence-corrected chi connectivity index (χ2v) is 8.34.